The van der Waals surface area contributed by atoms with Gasteiger partial charge in [-0.3, -0.25) is 9.48 Å². The first-order valence-corrected chi connectivity index (χ1v) is 13.4. The van der Waals surface area contributed by atoms with Gasteiger partial charge in [-0.15, -0.1) is 0 Å². The number of ether oxygens (including phenoxy) is 2. The minimum atomic E-state index is -0.569. The number of amides is 2. The summed E-state index contributed by atoms with van der Waals surface area (Å²) in [5.74, 6) is -0.206. The second kappa shape index (κ2) is 12.0. The van der Waals surface area contributed by atoms with Gasteiger partial charge in [-0.2, -0.15) is 5.10 Å². The van der Waals surface area contributed by atoms with E-state index in [0.29, 0.717) is 36.4 Å². The standard InChI is InChI=1S/C30H37FN6O4/c1-19-23(27(34-36(19)7)28(38)35(5)6)13-15-40-25-16-21(31)9-10-24(25)20-8-11-26-33-17-22(37(26)18-20)12-14-32-29(39)41-30(2,3)4/h8-11,16-18H,12-15H2,1-7H3,(H,32,39). The van der Waals surface area contributed by atoms with Crippen molar-refractivity contribution >= 4 is 17.6 Å². The highest BCUT2D eigenvalue weighted by Crippen LogP contribution is 2.32. The SMILES string of the molecule is Cc1c(CCOc2cc(F)ccc2-c2ccc3ncc(CCNC(=O)OC(C)(C)C)n3c2)c(C(=O)N(C)C)nn1C. The number of rotatable bonds is 9. The first kappa shape index (κ1) is 29.6. The number of benzene rings is 1. The molecule has 0 aliphatic carbocycles. The molecule has 3 aromatic heterocycles. The normalized spacial score (nSPS) is 11.5. The quantitative estimate of drug-likeness (QED) is 0.320. The molecule has 41 heavy (non-hydrogen) atoms. The molecule has 4 aromatic rings. The zero-order valence-electron chi connectivity index (χ0n) is 24.6. The van der Waals surface area contributed by atoms with E-state index >= 15 is 0 Å². The lowest BCUT2D eigenvalue weighted by Crippen LogP contribution is -2.33. The van der Waals surface area contributed by atoms with E-state index in [0.717, 1.165) is 28.2 Å². The molecule has 218 valence electrons. The molecule has 0 aliphatic rings. The lowest BCUT2D eigenvalue weighted by atomic mass is 10.1. The fraction of sp³-hybridized carbons (Fsp3) is 0.400. The maximum atomic E-state index is 14.3. The Hall–Kier alpha value is -4.41. The van der Waals surface area contributed by atoms with E-state index in [9.17, 15) is 14.0 Å². The molecule has 0 unspecified atom stereocenters. The van der Waals surface area contributed by atoms with Crippen LogP contribution in [0.5, 0.6) is 5.75 Å². The Morgan fingerprint density at radius 1 is 1.12 bits per heavy atom. The Bertz CT molecular complexity index is 1570. The molecule has 0 aliphatic heterocycles. The summed E-state index contributed by atoms with van der Waals surface area (Å²) in [7, 11) is 5.17. The zero-order chi connectivity index (χ0) is 29.9. The van der Waals surface area contributed by atoms with Crippen LogP contribution < -0.4 is 10.1 Å². The molecular formula is C30H37FN6O4. The van der Waals surface area contributed by atoms with Gasteiger partial charge in [0.15, 0.2) is 5.69 Å². The van der Waals surface area contributed by atoms with Crippen molar-refractivity contribution in [3.05, 3.63) is 71.2 Å². The van der Waals surface area contributed by atoms with Crippen molar-refractivity contribution in [1.29, 1.82) is 0 Å². The molecule has 4 rings (SSSR count). The minimum Gasteiger partial charge on any atom is -0.492 e. The second-order valence-electron chi connectivity index (χ2n) is 11.0. The van der Waals surface area contributed by atoms with E-state index in [-0.39, 0.29) is 12.5 Å². The summed E-state index contributed by atoms with van der Waals surface area (Å²) in [6.07, 6.45) is 4.18. The fourth-order valence-corrected chi connectivity index (χ4v) is 4.43. The Morgan fingerprint density at radius 2 is 1.88 bits per heavy atom. The highest BCUT2D eigenvalue weighted by molar-refractivity contribution is 5.93. The van der Waals surface area contributed by atoms with Crippen molar-refractivity contribution in [2.24, 2.45) is 7.05 Å². The summed E-state index contributed by atoms with van der Waals surface area (Å²) in [6.45, 7) is 7.96. The number of imidazole rings is 1. The number of carbonyl (C=O) groups is 2. The van der Waals surface area contributed by atoms with E-state index in [1.807, 2.05) is 50.4 Å². The molecule has 3 heterocycles. The van der Waals surface area contributed by atoms with Gasteiger partial charge >= 0.3 is 6.09 Å². The molecule has 0 radical (unpaired) electrons. The van der Waals surface area contributed by atoms with Crippen LogP contribution in [0.2, 0.25) is 0 Å². The molecule has 0 fully saturated rings. The molecule has 11 heteroatoms. The molecule has 1 aromatic carbocycles. The van der Waals surface area contributed by atoms with Gasteiger partial charge in [-0.05, 0) is 52.0 Å². The van der Waals surface area contributed by atoms with E-state index in [1.54, 1.807) is 38.1 Å². The monoisotopic (exact) mass is 564 g/mol. The Labute approximate surface area is 239 Å². The number of pyridine rings is 1. The third-order valence-electron chi connectivity index (χ3n) is 6.56. The maximum absolute atomic E-state index is 14.3. The number of carbonyl (C=O) groups excluding carboxylic acids is 2. The predicted octanol–water partition coefficient (Wildman–Crippen LogP) is 4.57. The van der Waals surface area contributed by atoms with Crippen LogP contribution in [0.25, 0.3) is 16.8 Å². The third-order valence-corrected chi connectivity index (χ3v) is 6.56. The van der Waals surface area contributed by atoms with E-state index in [1.165, 1.54) is 17.0 Å². The fourth-order valence-electron chi connectivity index (χ4n) is 4.43. The topological polar surface area (TPSA) is 103 Å². The van der Waals surface area contributed by atoms with Crippen molar-refractivity contribution in [3.8, 4) is 16.9 Å². The Kier molecular flexibility index (Phi) is 8.65. The number of fused-ring (bicyclic) bond motifs is 1. The van der Waals surface area contributed by atoms with Crippen LogP contribution in [-0.4, -0.2) is 68.9 Å². The molecule has 0 saturated heterocycles. The summed E-state index contributed by atoms with van der Waals surface area (Å²) < 4.78 is 29.3. The molecule has 0 spiro atoms. The highest BCUT2D eigenvalue weighted by Gasteiger charge is 2.21. The zero-order valence-corrected chi connectivity index (χ0v) is 24.6. The number of alkyl carbamates (subject to hydrolysis) is 1. The van der Waals surface area contributed by atoms with Crippen molar-refractivity contribution in [3.63, 3.8) is 0 Å². The minimum absolute atomic E-state index is 0.180. The Morgan fingerprint density at radius 3 is 2.59 bits per heavy atom. The molecule has 0 bridgehead atoms. The van der Waals surface area contributed by atoms with E-state index in [4.69, 9.17) is 9.47 Å². The van der Waals surface area contributed by atoms with Crippen molar-refractivity contribution in [2.45, 2.75) is 46.1 Å². The van der Waals surface area contributed by atoms with Crippen LogP contribution in [0.1, 0.15) is 48.2 Å². The third kappa shape index (κ3) is 7.03. The highest BCUT2D eigenvalue weighted by atomic mass is 19.1. The van der Waals surface area contributed by atoms with Gasteiger partial charge in [0.2, 0.25) is 0 Å². The van der Waals surface area contributed by atoms with Gasteiger partial charge in [-0.25, -0.2) is 14.2 Å². The number of hydrogen-bond acceptors (Lipinski definition) is 6. The van der Waals surface area contributed by atoms with Crippen LogP contribution in [0.3, 0.4) is 0 Å². The molecule has 10 nitrogen and oxygen atoms in total. The smallest absolute Gasteiger partial charge is 0.407 e. The Balaban J connectivity index is 1.52. The number of halogens is 1. The van der Waals surface area contributed by atoms with E-state index in [2.05, 4.69) is 15.4 Å². The largest absolute Gasteiger partial charge is 0.492 e. The number of hydrogen-bond donors (Lipinski definition) is 1. The van der Waals surface area contributed by atoms with Crippen LogP contribution in [-0.2, 0) is 24.6 Å². The summed E-state index contributed by atoms with van der Waals surface area (Å²) in [5.41, 5.74) is 4.66. The van der Waals surface area contributed by atoms with Crippen LogP contribution in [0, 0.1) is 12.7 Å². The van der Waals surface area contributed by atoms with Gasteiger partial charge in [0.05, 0.1) is 6.61 Å². The van der Waals surface area contributed by atoms with Gasteiger partial charge in [-0.1, -0.05) is 0 Å². The molecule has 1 N–H and O–H groups in total. The van der Waals surface area contributed by atoms with Crippen molar-refractivity contribution < 1.29 is 23.5 Å². The number of aromatic nitrogens is 4. The maximum Gasteiger partial charge on any atom is 0.407 e. The molecule has 0 atom stereocenters. The van der Waals surface area contributed by atoms with Gasteiger partial charge in [0.1, 0.15) is 22.8 Å². The number of nitrogens with zero attached hydrogens (tertiary/aromatic N) is 5. The molecule has 2 amide bonds. The average molecular weight is 565 g/mol. The summed E-state index contributed by atoms with van der Waals surface area (Å²) in [5, 5.41) is 7.15. The number of nitrogens with one attached hydrogen (secondary N) is 1. The van der Waals surface area contributed by atoms with Crippen LogP contribution in [0.15, 0.2) is 42.7 Å². The molecular weight excluding hydrogens is 527 g/mol. The summed E-state index contributed by atoms with van der Waals surface area (Å²) in [4.78, 5) is 30.6. The molecule has 0 saturated carbocycles. The number of aryl methyl sites for hydroxylation is 1. The van der Waals surface area contributed by atoms with Crippen molar-refractivity contribution in [1.82, 2.24) is 29.4 Å². The first-order valence-electron chi connectivity index (χ1n) is 13.4. The predicted molar refractivity (Wildman–Crippen MR) is 154 cm³/mol. The summed E-state index contributed by atoms with van der Waals surface area (Å²) in [6, 6.07) is 8.23. The summed E-state index contributed by atoms with van der Waals surface area (Å²) >= 11 is 0. The van der Waals surface area contributed by atoms with E-state index < -0.39 is 17.5 Å². The lowest BCUT2D eigenvalue weighted by molar-refractivity contribution is 0.0528. The van der Waals surface area contributed by atoms with Crippen LogP contribution >= 0.6 is 0 Å². The first-order chi connectivity index (χ1) is 19.3. The van der Waals surface area contributed by atoms with Crippen molar-refractivity contribution in [2.75, 3.05) is 27.2 Å². The lowest BCUT2D eigenvalue weighted by Gasteiger charge is -2.19. The second-order valence-corrected chi connectivity index (χ2v) is 11.0. The van der Waals surface area contributed by atoms with Gasteiger partial charge < -0.3 is 24.1 Å². The van der Waals surface area contributed by atoms with Gasteiger partial charge in [0, 0.05) is 87.1 Å². The van der Waals surface area contributed by atoms with Crippen LogP contribution in [0.4, 0.5) is 9.18 Å². The average Bonchev–Trinajstić information content (AvgIpc) is 3.42. The van der Waals surface area contributed by atoms with Gasteiger partial charge in [0.25, 0.3) is 5.91 Å².